The molecule has 0 aliphatic heterocycles. The molecular weight excluding hydrogens is 273 g/mol. The number of ether oxygens (including phenoxy) is 1. The van der Waals surface area contributed by atoms with E-state index in [0.29, 0.717) is 21.7 Å². The van der Waals surface area contributed by atoms with Crippen molar-refractivity contribution in [3.05, 3.63) is 52.1 Å². The van der Waals surface area contributed by atoms with E-state index in [1.165, 1.54) is 0 Å². The van der Waals surface area contributed by atoms with Gasteiger partial charge in [-0.2, -0.15) is 0 Å². The lowest BCUT2D eigenvalue weighted by Gasteiger charge is -2.09. The highest BCUT2D eigenvalue weighted by Gasteiger charge is 2.07. The largest absolute Gasteiger partial charge is 0.437 e. The van der Waals surface area contributed by atoms with E-state index in [4.69, 9.17) is 27.9 Å². The van der Waals surface area contributed by atoms with Crippen molar-refractivity contribution in [2.75, 3.05) is 0 Å². The van der Waals surface area contributed by atoms with Crippen LogP contribution in [-0.2, 0) is 0 Å². The number of halogens is 2. The van der Waals surface area contributed by atoms with E-state index in [9.17, 15) is 5.11 Å². The molecule has 0 saturated carbocycles. The summed E-state index contributed by atoms with van der Waals surface area (Å²) in [5.41, 5.74) is 0.727. The second kappa shape index (κ2) is 5.57. The minimum Gasteiger partial charge on any atom is -0.437 e. The van der Waals surface area contributed by atoms with Crippen LogP contribution in [0.1, 0.15) is 18.6 Å². The number of hydrogen-bond donors (Lipinski definition) is 1. The maximum absolute atomic E-state index is 9.48. The smallest absolute Gasteiger partial charge is 0.219 e. The standard InChI is InChI=1S/C13H11Cl2NO2/c1-8(17)9-4-5-16-13(6-9)18-12-3-2-10(14)7-11(12)15/h2-8,17H,1H3/t8-/m1/s1. The molecule has 0 spiro atoms. The number of pyridine rings is 1. The zero-order valence-corrected chi connectivity index (χ0v) is 11.1. The monoisotopic (exact) mass is 283 g/mol. The fraction of sp³-hybridized carbons (Fsp3) is 0.154. The van der Waals surface area contributed by atoms with Crippen LogP contribution in [0, 0.1) is 0 Å². The van der Waals surface area contributed by atoms with E-state index in [-0.39, 0.29) is 0 Å². The van der Waals surface area contributed by atoms with Gasteiger partial charge in [-0.1, -0.05) is 23.2 Å². The van der Waals surface area contributed by atoms with Gasteiger partial charge in [0.2, 0.25) is 5.88 Å². The summed E-state index contributed by atoms with van der Waals surface area (Å²) in [7, 11) is 0. The van der Waals surface area contributed by atoms with Crippen molar-refractivity contribution in [2.24, 2.45) is 0 Å². The molecule has 0 fully saturated rings. The molecule has 5 heteroatoms. The van der Waals surface area contributed by atoms with Crippen molar-refractivity contribution in [1.29, 1.82) is 0 Å². The molecule has 0 aliphatic carbocycles. The topological polar surface area (TPSA) is 42.4 Å². The fourth-order valence-electron chi connectivity index (χ4n) is 1.41. The average molecular weight is 284 g/mol. The molecule has 94 valence electrons. The summed E-state index contributed by atoms with van der Waals surface area (Å²) in [6.07, 6.45) is 0.998. The van der Waals surface area contributed by atoms with Gasteiger partial charge in [-0.25, -0.2) is 4.98 Å². The average Bonchev–Trinajstić information content (AvgIpc) is 2.33. The molecule has 1 aromatic carbocycles. The first-order valence-electron chi connectivity index (χ1n) is 5.33. The Morgan fingerprint density at radius 1 is 1.22 bits per heavy atom. The minimum absolute atomic E-state index is 0.373. The van der Waals surface area contributed by atoms with Crippen molar-refractivity contribution < 1.29 is 9.84 Å². The lowest BCUT2D eigenvalue weighted by Crippen LogP contribution is -1.94. The van der Waals surface area contributed by atoms with Crippen LogP contribution in [-0.4, -0.2) is 10.1 Å². The Bertz CT molecular complexity index is 558. The molecule has 0 unspecified atom stereocenters. The van der Waals surface area contributed by atoms with E-state index >= 15 is 0 Å². The molecule has 1 aromatic heterocycles. The Labute approximate surface area is 115 Å². The third-order valence-corrected chi connectivity index (χ3v) is 2.88. The van der Waals surface area contributed by atoms with Gasteiger partial charge in [-0.05, 0) is 36.8 Å². The summed E-state index contributed by atoms with van der Waals surface area (Å²) in [6, 6.07) is 8.33. The van der Waals surface area contributed by atoms with Crippen LogP contribution in [0.25, 0.3) is 0 Å². The quantitative estimate of drug-likeness (QED) is 0.916. The lowest BCUT2D eigenvalue weighted by molar-refractivity contribution is 0.198. The highest BCUT2D eigenvalue weighted by atomic mass is 35.5. The lowest BCUT2D eigenvalue weighted by atomic mass is 10.2. The fourth-order valence-corrected chi connectivity index (χ4v) is 1.86. The summed E-state index contributed by atoms with van der Waals surface area (Å²) in [5.74, 6) is 0.842. The molecule has 0 amide bonds. The number of benzene rings is 1. The van der Waals surface area contributed by atoms with Gasteiger partial charge in [-0.3, -0.25) is 0 Å². The van der Waals surface area contributed by atoms with Crippen molar-refractivity contribution in [3.8, 4) is 11.6 Å². The van der Waals surface area contributed by atoms with Crippen LogP contribution in [0.4, 0.5) is 0 Å². The van der Waals surface area contributed by atoms with Crippen LogP contribution in [0.5, 0.6) is 11.6 Å². The number of aromatic nitrogens is 1. The van der Waals surface area contributed by atoms with Crippen LogP contribution in [0.2, 0.25) is 10.0 Å². The molecule has 0 saturated heterocycles. The molecule has 0 bridgehead atoms. The van der Waals surface area contributed by atoms with E-state index in [2.05, 4.69) is 4.98 Å². The van der Waals surface area contributed by atoms with Gasteiger partial charge in [0, 0.05) is 17.3 Å². The van der Waals surface area contributed by atoms with Gasteiger partial charge in [0.25, 0.3) is 0 Å². The van der Waals surface area contributed by atoms with Gasteiger partial charge in [0.05, 0.1) is 11.1 Å². The van der Waals surface area contributed by atoms with Gasteiger partial charge in [0.15, 0.2) is 0 Å². The number of hydrogen-bond acceptors (Lipinski definition) is 3. The van der Waals surface area contributed by atoms with Crippen molar-refractivity contribution >= 4 is 23.2 Å². The SMILES string of the molecule is C[C@@H](O)c1ccnc(Oc2ccc(Cl)cc2Cl)c1. The summed E-state index contributed by atoms with van der Waals surface area (Å²) in [5, 5.41) is 10.4. The number of aliphatic hydroxyl groups excluding tert-OH is 1. The Kier molecular flexibility index (Phi) is 4.07. The maximum atomic E-state index is 9.48. The summed E-state index contributed by atoms with van der Waals surface area (Å²) < 4.78 is 5.54. The maximum Gasteiger partial charge on any atom is 0.219 e. The van der Waals surface area contributed by atoms with Crippen molar-refractivity contribution in [3.63, 3.8) is 0 Å². The zero-order valence-electron chi connectivity index (χ0n) is 9.60. The van der Waals surface area contributed by atoms with Crippen LogP contribution < -0.4 is 4.74 Å². The van der Waals surface area contributed by atoms with E-state index < -0.39 is 6.10 Å². The summed E-state index contributed by atoms with van der Waals surface area (Å²) >= 11 is 11.8. The van der Waals surface area contributed by atoms with E-state index in [1.54, 1.807) is 43.5 Å². The molecule has 0 radical (unpaired) electrons. The molecular formula is C13H11Cl2NO2. The van der Waals surface area contributed by atoms with Crippen LogP contribution in [0.3, 0.4) is 0 Å². The normalized spacial score (nSPS) is 12.2. The molecule has 18 heavy (non-hydrogen) atoms. The molecule has 2 aromatic rings. The Morgan fingerprint density at radius 2 is 2.00 bits per heavy atom. The first-order valence-corrected chi connectivity index (χ1v) is 6.09. The van der Waals surface area contributed by atoms with E-state index in [0.717, 1.165) is 5.56 Å². The predicted octanol–water partition coefficient (Wildman–Crippen LogP) is 4.23. The summed E-state index contributed by atoms with van der Waals surface area (Å²) in [4.78, 5) is 4.06. The van der Waals surface area contributed by atoms with Gasteiger partial charge < -0.3 is 9.84 Å². The van der Waals surface area contributed by atoms with Crippen LogP contribution in [0.15, 0.2) is 36.5 Å². The third kappa shape index (κ3) is 3.13. The minimum atomic E-state index is -0.573. The second-order valence-corrected chi connectivity index (χ2v) is 4.62. The number of rotatable bonds is 3. The third-order valence-electron chi connectivity index (χ3n) is 2.35. The van der Waals surface area contributed by atoms with Crippen molar-refractivity contribution in [2.45, 2.75) is 13.0 Å². The van der Waals surface area contributed by atoms with Gasteiger partial charge in [-0.15, -0.1) is 0 Å². The van der Waals surface area contributed by atoms with E-state index in [1.807, 2.05) is 0 Å². The molecule has 2 rings (SSSR count). The molecule has 1 N–H and O–H groups in total. The molecule has 0 aliphatic rings. The first kappa shape index (κ1) is 13.1. The van der Waals surface area contributed by atoms with Gasteiger partial charge in [0.1, 0.15) is 5.75 Å². The Hall–Kier alpha value is -1.29. The molecule has 1 heterocycles. The number of nitrogens with zero attached hydrogens (tertiary/aromatic N) is 1. The number of aliphatic hydroxyl groups is 1. The van der Waals surface area contributed by atoms with Crippen LogP contribution >= 0.6 is 23.2 Å². The van der Waals surface area contributed by atoms with Gasteiger partial charge >= 0.3 is 0 Å². The highest BCUT2D eigenvalue weighted by molar-refractivity contribution is 6.35. The second-order valence-electron chi connectivity index (χ2n) is 3.78. The Morgan fingerprint density at radius 3 is 2.67 bits per heavy atom. The molecule has 1 atom stereocenters. The molecule has 3 nitrogen and oxygen atoms in total. The highest BCUT2D eigenvalue weighted by Crippen LogP contribution is 2.31. The van der Waals surface area contributed by atoms with Crippen molar-refractivity contribution in [1.82, 2.24) is 4.98 Å². The Balaban J connectivity index is 2.25. The predicted molar refractivity (Wildman–Crippen MR) is 71.4 cm³/mol. The first-order chi connectivity index (χ1) is 8.56. The zero-order chi connectivity index (χ0) is 13.1. The summed E-state index contributed by atoms with van der Waals surface area (Å²) in [6.45, 7) is 1.67.